The van der Waals surface area contributed by atoms with E-state index in [1.807, 2.05) is 0 Å². The predicted molar refractivity (Wildman–Crippen MR) is 77.3 cm³/mol. The van der Waals surface area contributed by atoms with Crippen molar-refractivity contribution in [3.63, 3.8) is 0 Å². The Morgan fingerprint density at radius 3 is 1.59 bits per heavy atom. The van der Waals surface area contributed by atoms with Gasteiger partial charge in [0, 0.05) is 6.61 Å². The van der Waals surface area contributed by atoms with Gasteiger partial charge in [-0.25, -0.2) is 0 Å². The molecule has 1 nitrogen and oxygen atoms in total. The van der Waals surface area contributed by atoms with Crippen molar-refractivity contribution in [3.05, 3.63) is 12.2 Å². The van der Waals surface area contributed by atoms with E-state index < -0.39 is 0 Å². The Hall–Kier alpha value is -0.300. The number of unbranched alkanes of at least 4 members (excludes halogenated alkanes) is 10. The van der Waals surface area contributed by atoms with Crippen molar-refractivity contribution in [1.29, 1.82) is 0 Å². The highest BCUT2D eigenvalue weighted by Crippen LogP contribution is 2.11. The zero-order valence-corrected chi connectivity index (χ0v) is 11.8. The fourth-order valence-corrected chi connectivity index (χ4v) is 2.07. The van der Waals surface area contributed by atoms with Gasteiger partial charge in [-0.2, -0.15) is 0 Å². The third-order valence-electron chi connectivity index (χ3n) is 3.18. The van der Waals surface area contributed by atoms with E-state index in [9.17, 15) is 0 Å². The molecular formula is C16H32O. The molecule has 0 aliphatic carbocycles. The summed E-state index contributed by atoms with van der Waals surface area (Å²) in [6.07, 6.45) is 20.3. The summed E-state index contributed by atoms with van der Waals surface area (Å²) in [6, 6.07) is 0. The average molecular weight is 240 g/mol. The molecule has 0 bridgehead atoms. The van der Waals surface area contributed by atoms with Crippen molar-refractivity contribution >= 4 is 0 Å². The van der Waals surface area contributed by atoms with Gasteiger partial charge in [-0.15, -0.1) is 0 Å². The molecule has 1 N–H and O–H groups in total. The number of rotatable bonds is 13. The minimum absolute atomic E-state index is 0.368. The Labute approximate surface area is 108 Å². The molecule has 0 heterocycles. The Morgan fingerprint density at radius 1 is 0.647 bits per heavy atom. The maximum atomic E-state index is 8.64. The molecule has 0 saturated carbocycles. The first-order valence-electron chi connectivity index (χ1n) is 7.67. The fraction of sp³-hybridized carbons (Fsp3) is 0.875. The largest absolute Gasteiger partial charge is 0.396 e. The highest BCUT2D eigenvalue weighted by atomic mass is 16.2. The van der Waals surface area contributed by atoms with Gasteiger partial charge in [0.15, 0.2) is 0 Å². The van der Waals surface area contributed by atoms with Crippen LogP contribution in [0.25, 0.3) is 0 Å². The zero-order chi connectivity index (χ0) is 12.6. The van der Waals surface area contributed by atoms with Crippen LogP contribution >= 0.6 is 0 Å². The number of hydrogen-bond donors (Lipinski definition) is 1. The summed E-state index contributed by atoms with van der Waals surface area (Å²) in [5.41, 5.74) is 0. The molecule has 0 fully saturated rings. The van der Waals surface area contributed by atoms with Gasteiger partial charge in [-0.05, 0) is 25.7 Å². The molecule has 0 aliphatic rings. The van der Waals surface area contributed by atoms with Crippen LogP contribution in [0.15, 0.2) is 12.2 Å². The van der Waals surface area contributed by atoms with E-state index in [2.05, 4.69) is 19.1 Å². The quantitative estimate of drug-likeness (QED) is 0.345. The first-order chi connectivity index (χ1) is 8.41. The number of allylic oxidation sites excluding steroid dienone is 2. The van der Waals surface area contributed by atoms with Crippen molar-refractivity contribution < 1.29 is 5.11 Å². The lowest BCUT2D eigenvalue weighted by Crippen LogP contribution is -1.84. The van der Waals surface area contributed by atoms with Crippen molar-refractivity contribution in [2.45, 2.75) is 84.0 Å². The van der Waals surface area contributed by atoms with Crippen molar-refractivity contribution in [3.8, 4) is 0 Å². The van der Waals surface area contributed by atoms with Gasteiger partial charge in [0.2, 0.25) is 0 Å². The molecule has 0 rings (SSSR count). The van der Waals surface area contributed by atoms with Crippen LogP contribution in [0.2, 0.25) is 0 Å². The van der Waals surface area contributed by atoms with Gasteiger partial charge in [0.1, 0.15) is 0 Å². The third kappa shape index (κ3) is 15.7. The summed E-state index contributed by atoms with van der Waals surface area (Å²) in [5.74, 6) is 0. The zero-order valence-electron chi connectivity index (χ0n) is 11.8. The van der Waals surface area contributed by atoms with E-state index in [1.54, 1.807) is 0 Å². The summed E-state index contributed by atoms with van der Waals surface area (Å²) >= 11 is 0. The second-order valence-electron chi connectivity index (χ2n) is 4.93. The molecule has 0 aromatic carbocycles. The molecule has 0 spiro atoms. The van der Waals surface area contributed by atoms with E-state index in [0.717, 1.165) is 6.42 Å². The molecule has 0 aliphatic heterocycles. The van der Waals surface area contributed by atoms with Gasteiger partial charge in [0.05, 0.1) is 0 Å². The Morgan fingerprint density at radius 2 is 1.12 bits per heavy atom. The van der Waals surface area contributed by atoms with Gasteiger partial charge < -0.3 is 5.11 Å². The Kier molecular flexibility index (Phi) is 15.4. The smallest absolute Gasteiger partial charge is 0.0431 e. The molecule has 0 aromatic rings. The predicted octanol–water partition coefficient (Wildman–Crippen LogP) is 5.24. The molecule has 0 atom stereocenters. The summed E-state index contributed by atoms with van der Waals surface area (Å²) in [4.78, 5) is 0. The van der Waals surface area contributed by atoms with Gasteiger partial charge in [-0.1, -0.05) is 70.4 Å². The standard InChI is InChI=1S/C16H32O/c1-2-3-4-5-6-7-8-9-10-11-12-13-14-15-16-17/h3-4,17H,2,5-16H2,1H3/b4-3-. The topological polar surface area (TPSA) is 20.2 Å². The SMILES string of the molecule is CC/C=C\CCCCCCCCCCCCO. The molecule has 0 unspecified atom stereocenters. The van der Waals surface area contributed by atoms with Crippen LogP contribution in [-0.4, -0.2) is 11.7 Å². The van der Waals surface area contributed by atoms with Crippen LogP contribution in [0, 0.1) is 0 Å². The Bertz CT molecular complexity index is 152. The fourth-order valence-electron chi connectivity index (χ4n) is 2.07. The minimum Gasteiger partial charge on any atom is -0.396 e. The van der Waals surface area contributed by atoms with Gasteiger partial charge in [0.25, 0.3) is 0 Å². The summed E-state index contributed by atoms with van der Waals surface area (Å²) in [7, 11) is 0. The second-order valence-corrected chi connectivity index (χ2v) is 4.93. The van der Waals surface area contributed by atoms with Crippen LogP contribution in [-0.2, 0) is 0 Å². The lowest BCUT2D eigenvalue weighted by atomic mass is 10.1. The summed E-state index contributed by atoms with van der Waals surface area (Å²) in [5, 5.41) is 8.64. The first-order valence-corrected chi connectivity index (χ1v) is 7.67. The average Bonchev–Trinajstić information content (AvgIpc) is 2.35. The number of aliphatic hydroxyl groups is 1. The Balaban J connectivity index is 2.91. The van der Waals surface area contributed by atoms with Gasteiger partial charge in [-0.3, -0.25) is 0 Å². The van der Waals surface area contributed by atoms with Crippen LogP contribution in [0.5, 0.6) is 0 Å². The van der Waals surface area contributed by atoms with Crippen LogP contribution < -0.4 is 0 Å². The minimum atomic E-state index is 0.368. The summed E-state index contributed by atoms with van der Waals surface area (Å²) < 4.78 is 0. The number of aliphatic hydroxyl groups excluding tert-OH is 1. The van der Waals surface area contributed by atoms with Crippen LogP contribution in [0.1, 0.15) is 84.0 Å². The van der Waals surface area contributed by atoms with Gasteiger partial charge >= 0.3 is 0 Å². The lowest BCUT2D eigenvalue weighted by molar-refractivity contribution is 0.282. The monoisotopic (exact) mass is 240 g/mol. The normalized spacial score (nSPS) is 11.4. The maximum Gasteiger partial charge on any atom is 0.0431 e. The molecule has 0 radical (unpaired) electrons. The van der Waals surface area contributed by atoms with E-state index in [1.165, 1.54) is 70.6 Å². The van der Waals surface area contributed by atoms with E-state index in [-0.39, 0.29) is 0 Å². The van der Waals surface area contributed by atoms with Crippen molar-refractivity contribution in [1.82, 2.24) is 0 Å². The molecule has 0 saturated heterocycles. The molecule has 102 valence electrons. The summed E-state index contributed by atoms with van der Waals surface area (Å²) in [6.45, 7) is 2.56. The first kappa shape index (κ1) is 16.7. The van der Waals surface area contributed by atoms with E-state index in [0.29, 0.717) is 6.61 Å². The van der Waals surface area contributed by atoms with Crippen molar-refractivity contribution in [2.24, 2.45) is 0 Å². The third-order valence-corrected chi connectivity index (χ3v) is 3.18. The lowest BCUT2D eigenvalue weighted by Gasteiger charge is -2.01. The van der Waals surface area contributed by atoms with Crippen LogP contribution in [0.3, 0.4) is 0 Å². The van der Waals surface area contributed by atoms with E-state index >= 15 is 0 Å². The maximum absolute atomic E-state index is 8.64. The molecular weight excluding hydrogens is 208 g/mol. The molecule has 0 aromatic heterocycles. The van der Waals surface area contributed by atoms with Crippen molar-refractivity contribution in [2.75, 3.05) is 6.61 Å². The van der Waals surface area contributed by atoms with Crippen LogP contribution in [0.4, 0.5) is 0 Å². The highest BCUT2D eigenvalue weighted by Gasteiger charge is 1.92. The molecule has 0 amide bonds. The number of hydrogen-bond acceptors (Lipinski definition) is 1. The molecule has 17 heavy (non-hydrogen) atoms. The highest BCUT2D eigenvalue weighted by molar-refractivity contribution is 4.79. The second kappa shape index (κ2) is 15.7. The van der Waals surface area contributed by atoms with E-state index in [4.69, 9.17) is 5.11 Å². The molecule has 1 heteroatoms.